The van der Waals surface area contributed by atoms with Crippen LogP contribution in [-0.4, -0.2) is 11.2 Å². The fraction of sp³-hybridized carbons (Fsp3) is 0.200. The number of aromatic hydroxyl groups is 1. The van der Waals surface area contributed by atoms with E-state index in [-0.39, 0.29) is 18.0 Å². The number of epoxide rings is 1. The second-order valence-electron chi connectivity index (χ2n) is 2.74. The van der Waals surface area contributed by atoms with Crippen LogP contribution in [-0.2, 0) is 4.74 Å². The molecule has 0 amide bonds. The van der Waals surface area contributed by atoms with Crippen molar-refractivity contribution in [3.05, 3.63) is 29.8 Å². The minimum absolute atomic E-state index is 0.0376. The van der Waals surface area contributed by atoms with Crippen molar-refractivity contribution in [2.45, 2.75) is 12.2 Å². The molecule has 1 aliphatic rings. The Morgan fingerprint density at radius 3 is 2.50 bits per heavy atom. The predicted molar refractivity (Wildman–Crippen MR) is 44.6 cm³/mol. The van der Waals surface area contributed by atoms with E-state index in [1.54, 1.807) is 12.1 Å². The van der Waals surface area contributed by atoms with Crippen LogP contribution in [0.4, 0.5) is 0 Å². The molecule has 2 nitrogen and oxygen atoms in total. The van der Waals surface area contributed by atoms with Crippen molar-refractivity contribution in [1.29, 1.82) is 0 Å². The minimum Gasteiger partial charge on any atom is -0.508 e. The normalized spacial score (nSPS) is 26.2. The van der Waals surface area contributed by atoms with E-state index in [0.717, 1.165) is 5.56 Å². The van der Waals surface area contributed by atoms with Gasteiger partial charge in [-0.1, -0.05) is 18.1 Å². The summed E-state index contributed by atoms with van der Waals surface area (Å²) in [4.78, 5) is 0. The van der Waals surface area contributed by atoms with E-state index in [4.69, 9.17) is 16.3 Å². The van der Waals surface area contributed by atoms with Gasteiger partial charge in [0.2, 0.25) is 0 Å². The lowest BCUT2D eigenvalue weighted by Crippen LogP contribution is -1.83. The van der Waals surface area contributed by atoms with E-state index >= 15 is 0 Å². The molecule has 1 fully saturated rings. The van der Waals surface area contributed by atoms with E-state index in [9.17, 15) is 0 Å². The maximum Gasteiger partial charge on any atom is 0.149 e. The summed E-state index contributed by atoms with van der Waals surface area (Å²) in [7, 11) is 0. The van der Waals surface area contributed by atoms with Crippen LogP contribution in [0, 0.1) is 12.3 Å². The smallest absolute Gasteiger partial charge is 0.149 e. The Kier molecular flexibility index (Phi) is 1.53. The molecule has 0 bridgehead atoms. The van der Waals surface area contributed by atoms with Crippen molar-refractivity contribution >= 4 is 0 Å². The predicted octanol–water partition coefficient (Wildman–Crippen LogP) is 1.47. The molecular formula is C10H8O2. The van der Waals surface area contributed by atoms with Crippen molar-refractivity contribution in [2.24, 2.45) is 0 Å². The number of phenolic OH excluding ortho intramolecular Hbond substituents is 1. The highest BCUT2D eigenvalue weighted by atomic mass is 16.6. The molecule has 12 heavy (non-hydrogen) atoms. The molecule has 1 aliphatic heterocycles. The second kappa shape index (κ2) is 2.54. The van der Waals surface area contributed by atoms with Crippen molar-refractivity contribution < 1.29 is 9.84 Å². The molecule has 1 N–H and O–H groups in total. The van der Waals surface area contributed by atoms with Gasteiger partial charge in [-0.2, -0.15) is 0 Å². The van der Waals surface area contributed by atoms with Gasteiger partial charge in [-0.25, -0.2) is 0 Å². The Labute approximate surface area is 70.8 Å². The van der Waals surface area contributed by atoms with Crippen LogP contribution in [0.5, 0.6) is 5.75 Å². The third kappa shape index (κ3) is 1.15. The fourth-order valence-electron chi connectivity index (χ4n) is 1.16. The zero-order valence-corrected chi connectivity index (χ0v) is 6.40. The lowest BCUT2D eigenvalue weighted by Gasteiger charge is -1.94. The van der Waals surface area contributed by atoms with E-state index in [0.29, 0.717) is 0 Å². The van der Waals surface area contributed by atoms with Gasteiger partial charge in [-0.15, -0.1) is 6.42 Å². The Morgan fingerprint density at radius 2 is 2.00 bits per heavy atom. The summed E-state index contributed by atoms with van der Waals surface area (Å²) in [6.07, 6.45) is 5.13. The van der Waals surface area contributed by atoms with Gasteiger partial charge < -0.3 is 9.84 Å². The average molecular weight is 160 g/mol. The van der Waals surface area contributed by atoms with Gasteiger partial charge in [0.1, 0.15) is 18.0 Å². The van der Waals surface area contributed by atoms with Gasteiger partial charge >= 0.3 is 0 Å². The monoisotopic (exact) mass is 160 g/mol. The topological polar surface area (TPSA) is 32.8 Å². The molecule has 2 atom stereocenters. The molecule has 0 saturated carbocycles. The van der Waals surface area contributed by atoms with Crippen LogP contribution < -0.4 is 0 Å². The first-order chi connectivity index (χ1) is 5.81. The number of ether oxygens (including phenoxy) is 1. The van der Waals surface area contributed by atoms with Gasteiger partial charge in [-0.3, -0.25) is 0 Å². The highest BCUT2D eigenvalue weighted by Crippen LogP contribution is 2.38. The standard InChI is InChI=1S/C10H8O2/c1-2-9-10(12-9)7-3-5-8(11)6-4-7/h1,3-6,9-11H/t9?,10-/m1/s1. The summed E-state index contributed by atoms with van der Waals surface area (Å²) in [6.45, 7) is 0. The summed E-state index contributed by atoms with van der Waals surface area (Å²) in [5.41, 5.74) is 1.02. The lowest BCUT2D eigenvalue weighted by molar-refractivity contribution is 0.397. The first-order valence-corrected chi connectivity index (χ1v) is 3.72. The number of benzene rings is 1. The van der Waals surface area contributed by atoms with Crippen molar-refractivity contribution in [2.75, 3.05) is 0 Å². The maximum absolute atomic E-state index is 9.00. The molecule has 1 saturated heterocycles. The van der Waals surface area contributed by atoms with E-state index in [1.165, 1.54) is 0 Å². The Hall–Kier alpha value is -1.46. The molecule has 1 aromatic carbocycles. The summed E-state index contributed by atoms with van der Waals surface area (Å²) in [6, 6.07) is 6.89. The zero-order valence-electron chi connectivity index (χ0n) is 6.40. The Balaban J connectivity index is 2.17. The summed E-state index contributed by atoms with van der Waals surface area (Å²) >= 11 is 0. The molecule has 1 unspecified atom stereocenters. The molecule has 0 radical (unpaired) electrons. The highest BCUT2D eigenvalue weighted by molar-refractivity contribution is 5.31. The molecule has 0 spiro atoms. The van der Waals surface area contributed by atoms with Gasteiger partial charge in [0, 0.05) is 0 Å². The Morgan fingerprint density at radius 1 is 1.33 bits per heavy atom. The van der Waals surface area contributed by atoms with Crippen molar-refractivity contribution in [3.63, 3.8) is 0 Å². The van der Waals surface area contributed by atoms with Gasteiger partial charge in [0.05, 0.1) is 0 Å². The fourth-order valence-corrected chi connectivity index (χ4v) is 1.16. The van der Waals surface area contributed by atoms with Crippen LogP contribution >= 0.6 is 0 Å². The molecule has 2 heteroatoms. The highest BCUT2D eigenvalue weighted by Gasteiger charge is 2.38. The third-order valence-electron chi connectivity index (χ3n) is 1.88. The number of hydrogen-bond donors (Lipinski definition) is 1. The summed E-state index contributed by atoms with van der Waals surface area (Å²) in [5.74, 6) is 2.78. The van der Waals surface area contributed by atoms with Crippen LogP contribution in [0.25, 0.3) is 0 Å². The number of rotatable bonds is 1. The van der Waals surface area contributed by atoms with Crippen LogP contribution in [0.2, 0.25) is 0 Å². The van der Waals surface area contributed by atoms with Crippen molar-refractivity contribution in [3.8, 4) is 18.1 Å². The molecule has 1 aromatic rings. The SMILES string of the molecule is C#CC1O[C@@H]1c1ccc(O)cc1. The Bertz CT molecular complexity index is 321. The minimum atomic E-state index is -0.0745. The molecule has 0 aliphatic carbocycles. The third-order valence-corrected chi connectivity index (χ3v) is 1.88. The van der Waals surface area contributed by atoms with Gasteiger partial charge in [0.25, 0.3) is 0 Å². The van der Waals surface area contributed by atoms with E-state index in [1.807, 2.05) is 12.1 Å². The lowest BCUT2D eigenvalue weighted by atomic mass is 10.1. The number of phenols is 1. The van der Waals surface area contributed by atoms with Crippen LogP contribution in [0.3, 0.4) is 0 Å². The largest absolute Gasteiger partial charge is 0.508 e. The molecule has 2 rings (SSSR count). The summed E-state index contributed by atoms with van der Waals surface area (Å²) in [5, 5.41) is 9.00. The van der Waals surface area contributed by atoms with Crippen LogP contribution in [0.1, 0.15) is 11.7 Å². The maximum atomic E-state index is 9.00. The van der Waals surface area contributed by atoms with Crippen molar-refractivity contribution in [1.82, 2.24) is 0 Å². The van der Waals surface area contributed by atoms with Gasteiger partial charge in [0.15, 0.2) is 0 Å². The van der Waals surface area contributed by atoms with Gasteiger partial charge in [-0.05, 0) is 17.7 Å². The number of terminal acetylenes is 1. The first-order valence-electron chi connectivity index (χ1n) is 3.72. The first kappa shape index (κ1) is 7.20. The molecular weight excluding hydrogens is 152 g/mol. The van der Waals surface area contributed by atoms with E-state index in [2.05, 4.69) is 5.92 Å². The average Bonchev–Trinajstić information content (AvgIpc) is 2.85. The van der Waals surface area contributed by atoms with Crippen LogP contribution in [0.15, 0.2) is 24.3 Å². The molecule has 0 aromatic heterocycles. The quantitative estimate of drug-likeness (QED) is 0.498. The summed E-state index contributed by atoms with van der Waals surface area (Å²) < 4.78 is 5.17. The molecule has 60 valence electrons. The second-order valence-corrected chi connectivity index (χ2v) is 2.74. The zero-order chi connectivity index (χ0) is 8.55. The van der Waals surface area contributed by atoms with E-state index < -0.39 is 0 Å². The number of hydrogen-bond acceptors (Lipinski definition) is 2. The molecule has 1 heterocycles.